The second-order valence-corrected chi connectivity index (χ2v) is 4.18. The van der Waals surface area contributed by atoms with Crippen molar-refractivity contribution in [1.29, 1.82) is 0 Å². The summed E-state index contributed by atoms with van der Waals surface area (Å²) in [5.74, 6) is 0.633. The first-order valence-corrected chi connectivity index (χ1v) is 5.07. The van der Waals surface area contributed by atoms with Gasteiger partial charge in [0.1, 0.15) is 0 Å². The van der Waals surface area contributed by atoms with Crippen LogP contribution in [0.5, 0.6) is 0 Å². The fourth-order valence-corrected chi connectivity index (χ4v) is 1.71. The highest BCUT2D eigenvalue weighted by Gasteiger charge is 2.19. The van der Waals surface area contributed by atoms with E-state index in [9.17, 15) is 0 Å². The molecule has 1 aromatic carbocycles. The van der Waals surface area contributed by atoms with Crippen LogP contribution >= 0.6 is 0 Å². The van der Waals surface area contributed by atoms with Crippen molar-refractivity contribution in [3.05, 3.63) is 18.2 Å². The van der Waals surface area contributed by atoms with Crippen molar-refractivity contribution in [2.45, 2.75) is 19.9 Å². The van der Waals surface area contributed by atoms with Gasteiger partial charge in [0.05, 0.1) is 11.4 Å². The minimum absolute atomic E-state index is 0.506. The number of benzene rings is 1. The van der Waals surface area contributed by atoms with Gasteiger partial charge in [-0.05, 0) is 24.1 Å². The lowest BCUT2D eigenvalue weighted by Crippen LogP contribution is -2.36. The SMILES string of the molecule is CC(C)C1CNc2cc(N)ccc2N1. The Hall–Kier alpha value is -1.38. The Morgan fingerprint density at radius 3 is 2.86 bits per heavy atom. The third kappa shape index (κ3) is 1.62. The molecule has 1 aromatic rings. The summed E-state index contributed by atoms with van der Waals surface area (Å²) in [5.41, 5.74) is 8.78. The van der Waals surface area contributed by atoms with Gasteiger partial charge in [-0.1, -0.05) is 13.8 Å². The normalized spacial score (nSPS) is 19.8. The van der Waals surface area contributed by atoms with Crippen LogP contribution in [0.3, 0.4) is 0 Å². The molecule has 0 bridgehead atoms. The fourth-order valence-electron chi connectivity index (χ4n) is 1.71. The highest BCUT2D eigenvalue weighted by Crippen LogP contribution is 2.29. The lowest BCUT2D eigenvalue weighted by atomic mass is 10.0. The number of nitrogen functional groups attached to an aromatic ring is 1. The summed E-state index contributed by atoms with van der Waals surface area (Å²) in [7, 11) is 0. The lowest BCUT2D eigenvalue weighted by Gasteiger charge is -2.31. The Morgan fingerprint density at radius 2 is 2.14 bits per heavy atom. The zero-order valence-corrected chi connectivity index (χ0v) is 8.67. The fraction of sp³-hybridized carbons (Fsp3) is 0.455. The van der Waals surface area contributed by atoms with E-state index in [0.717, 1.165) is 23.6 Å². The van der Waals surface area contributed by atoms with Crippen molar-refractivity contribution in [3.8, 4) is 0 Å². The molecule has 0 aliphatic carbocycles. The second-order valence-electron chi connectivity index (χ2n) is 4.18. The predicted molar refractivity (Wildman–Crippen MR) is 61.6 cm³/mol. The monoisotopic (exact) mass is 191 g/mol. The first-order valence-electron chi connectivity index (χ1n) is 5.07. The number of nitrogens with two attached hydrogens (primary N) is 1. The van der Waals surface area contributed by atoms with Gasteiger partial charge >= 0.3 is 0 Å². The molecule has 1 heterocycles. The van der Waals surface area contributed by atoms with Gasteiger partial charge in [0.25, 0.3) is 0 Å². The molecule has 3 nitrogen and oxygen atoms in total. The van der Waals surface area contributed by atoms with Gasteiger partial charge in [-0.15, -0.1) is 0 Å². The Bertz CT molecular complexity index is 333. The molecule has 76 valence electrons. The second kappa shape index (κ2) is 3.40. The number of nitrogens with one attached hydrogen (secondary N) is 2. The Kier molecular flexibility index (Phi) is 2.23. The molecule has 2 rings (SSSR count). The molecule has 1 aliphatic rings. The molecular weight excluding hydrogens is 174 g/mol. The maximum atomic E-state index is 5.71. The van der Waals surface area contributed by atoms with Crippen molar-refractivity contribution in [2.24, 2.45) is 5.92 Å². The first-order chi connectivity index (χ1) is 6.66. The molecule has 0 saturated heterocycles. The number of rotatable bonds is 1. The summed E-state index contributed by atoms with van der Waals surface area (Å²) in [4.78, 5) is 0. The maximum Gasteiger partial charge on any atom is 0.0597 e. The van der Waals surface area contributed by atoms with Crippen LogP contribution in [0.2, 0.25) is 0 Å². The topological polar surface area (TPSA) is 50.1 Å². The van der Waals surface area contributed by atoms with Crippen molar-refractivity contribution >= 4 is 17.1 Å². The minimum Gasteiger partial charge on any atom is -0.399 e. The van der Waals surface area contributed by atoms with E-state index in [1.807, 2.05) is 18.2 Å². The van der Waals surface area contributed by atoms with Crippen LogP contribution < -0.4 is 16.4 Å². The van der Waals surface area contributed by atoms with Gasteiger partial charge in [0.2, 0.25) is 0 Å². The van der Waals surface area contributed by atoms with Crippen LogP contribution in [0, 0.1) is 5.92 Å². The third-order valence-electron chi connectivity index (χ3n) is 2.70. The third-order valence-corrected chi connectivity index (χ3v) is 2.70. The summed E-state index contributed by atoms with van der Waals surface area (Å²) in [6.07, 6.45) is 0. The van der Waals surface area contributed by atoms with Gasteiger partial charge in [0.15, 0.2) is 0 Å². The van der Waals surface area contributed by atoms with Crippen LogP contribution in [-0.2, 0) is 0 Å². The molecule has 1 atom stereocenters. The Morgan fingerprint density at radius 1 is 1.36 bits per heavy atom. The standard InChI is InChI=1S/C11H17N3/c1-7(2)11-6-13-10-5-8(12)3-4-9(10)14-11/h3-5,7,11,13-14H,6,12H2,1-2H3. The number of anilines is 3. The van der Waals surface area contributed by atoms with Crippen LogP contribution in [0.1, 0.15) is 13.8 Å². The zero-order valence-electron chi connectivity index (χ0n) is 8.67. The van der Waals surface area contributed by atoms with E-state index in [-0.39, 0.29) is 0 Å². The van der Waals surface area contributed by atoms with E-state index < -0.39 is 0 Å². The largest absolute Gasteiger partial charge is 0.399 e. The average molecular weight is 191 g/mol. The Balaban J connectivity index is 2.23. The maximum absolute atomic E-state index is 5.71. The molecule has 0 radical (unpaired) electrons. The molecular formula is C11H17N3. The summed E-state index contributed by atoms with van der Waals surface area (Å²) in [6.45, 7) is 5.41. The van der Waals surface area contributed by atoms with Crippen LogP contribution in [0.15, 0.2) is 18.2 Å². The van der Waals surface area contributed by atoms with Gasteiger partial charge in [-0.3, -0.25) is 0 Å². The van der Waals surface area contributed by atoms with E-state index in [1.165, 1.54) is 0 Å². The molecule has 1 unspecified atom stereocenters. The molecule has 0 spiro atoms. The van der Waals surface area contributed by atoms with Crippen molar-refractivity contribution in [1.82, 2.24) is 0 Å². The van der Waals surface area contributed by atoms with Crippen LogP contribution in [0.4, 0.5) is 17.1 Å². The first kappa shape index (κ1) is 9.19. The highest BCUT2D eigenvalue weighted by atomic mass is 15.1. The predicted octanol–water partition coefficient (Wildman–Crippen LogP) is 2.13. The van der Waals surface area contributed by atoms with Crippen LogP contribution in [0.25, 0.3) is 0 Å². The highest BCUT2D eigenvalue weighted by molar-refractivity contribution is 5.75. The van der Waals surface area contributed by atoms with E-state index >= 15 is 0 Å². The smallest absolute Gasteiger partial charge is 0.0597 e. The molecule has 14 heavy (non-hydrogen) atoms. The van der Waals surface area contributed by atoms with Gasteiger partial charge in [-0.2, -0.15) is 0 Å². The summed E-state index contributed by atoms with van der Waals surface area (Å²) in [5, 5.41) is 6.90. The Labute approximate surface area is 84.7 Å². The summed E-state index contributed by atoms with van der Waals surface area (Å²) in [6, 6.07) is 6.44. The van der Waals surface area contributed by atoms with Gasteiger partial charge in [0, 0.05) is 18.3 Å². The molecule has 0 saturated carbocycles. The summed E-state index contributed by atoms with van der Waals surface area (Å²) >= 11 is 0. The van der Waals surface area contributed by atoms with Crippen molar-refractivity contribution < 1.29 is 0 Å². The molecule has 0 fully saturated rings. The number of hydrogen-bond acceptors (Lipinski definition) is 3. The van der Waals surface area contributed by atoms with E-state index in [0.29, 0.717) is 12.0 Å². The molecule has 0 amide bonds. The molecule has 1 aliphatic heterocycles. The molecule has 3 heteroatoms. The van der Waals surface area contributed by atoms with Gasteiger partial charge < -0.3 is 16.4 Å². The van der Waals surface area contributed by atoms with Crippen molar-refractivity contribution in [3.63, 3.8) is 0 Å². The number of fused-ring (bicyclic) bond motifs is 1. The van der Waals surface area contributed by atoms with Crippen LogP contribution in [-0.4, -0.2) is 12.6 Å². The molecule has 0 aromatic heterocycles. The van der Waals surface area contributed by atoms with Gasteiger partial charge in [-0.25, -0.2) is 0 Å². The van der Waals surface area contributed by atoms with E-state index in [1.54, 1.807) is 0 Å². The lowest BCUT2D eigenvalue weighted by molar-refractivity contribution is 0.536. The average Bonchev–Trinajstić information content (AvgIpc) is 2.16. The quantitative estimate of drug-likeness (QED) is 0.596. The minimum atomic E-state index is 0.506. The summed E-state index contributed by atoms with van der Waals surface area (Å²) < 4.78 is 0. The molecule has 4 N–H and O–H groups in total. The van der Waals surface area contributed by atoms with E-state index in [2.05, 4.69) is 24.5 Å². The zero-order chi connectivity index (χ0) is 10.1. The van der Waals surface area contributed by atoms with E-state index in [4.69, 9.17) is 5.73 Å². The van der Waals surface area contributed by atoms with Crippen molar-refractivity contribution in [2.75, 3.05) is 22.9 Å². The number of hydrogen-bond donors (Lipinski definition) is 3.